The fraction of sp³-hybridized carbons (Fsp3) is 0.409. The van der Waals surface area contributed by atoms with Crippen LogP contribution in [-0.4, -0.2) is 39.8 Å². The van der Waals surface area contributed by atoms with Crippen LogP contribution < -0.4 is 25.4 Å². The SMILES string of the molecule is COc1cc(OC)cc(N2CCC(CNC(=O)CCc3ccccc3N)C2)c1.Cl.Cl. The standard InChI is InChI=1S/C22H29N3O3.2ClH/c1-27-19-11-18(12-20(13-19)28-2)25-10-9-16(15-25)14-24-22(26)8-7-17-5-3-4-6-21(17)23;;/h3-6,11-13,16H,7-10,14-15,23H2,1-2H3,(H,24,26);2*1H. The van der Waals surface area contributed by atoms with Gasteiger partial charge in [-0.25, -0.2) is 0 Å². The molecule has 3 rings (SSSR count). The molecule has 0 aromatic heterocycles. The van der Waals surface area contributed by atoms with Crippen molar-refractivity contribution in [2.45, 2.75) is 19.3 Å². The number of rotatable bonds is 8. The summed E-state index contributed by atoms with van der Waals surface area (Å²) in [7, 11) is 3.31. The molecule has 0 bridgehead atoms. The minimum Gasteiger partial charge on any atom is -0.497 e. The van der Waals surface area contributed by atoms with Gasteiger partial charge in [0.05, 0.1) is 14.2 Å². The van der Waals surface area contributed by atoms with E-state index >= 15 is 0 Å². The van der Waals surface area contributed by atoms with Crippen molar-refractivity contribution >= 4 is 42.1 Å². The first kappa shape index (κ1) is 25.7. The maximum Gasteiger partial charge on any atom is 0.220 e. The second kappa shape index (κ2) is 12.4. The average molecular weight is 456 g/mol. The molecule has 1 amide bonds. The number of carbonyl (C=O) groups excluding carboxylic acids is 1. The van der Waals surface area contributed by atoms with Gasteiger partial charge < -0.3 is 25.4 Å². The maximum absolute atomic E-state index is 12.2. The lowest BCUT2D eigenvalue weighted by atomic mass is 10.1. The Morgan fingerprint density at radius 1 is 1.13 bits per heavy atom. The van der Waals surface area contributed by atoms with Crippen molar-refractivity contribution in [3.63, 3.8) is 0 Å². The van der Waals surface area contributed by atoms with Crippen LogP contribution in [0.2, 0.25) is 0 Å². The lowest BCUT2D eigenvalue weighted by Gasteiger charge is -2.20. The average Bonchev–Trinajstić information content (AvgIpc) is 3.20. The van der Waals surface area contributed by atoms with Crippen LogP contribution in [0.4, 0.5) is 11.4 Å². The first-order valence-corrected chi connectivity index (χ1v) is 9.67. The van der Waals surface area contributed by atoms with Crippen molar-refractivity contribution in [3.8, 4) is 11.5 Å². The highest BCUT2D eigenvalue weighted by molar-refractivity contribution is 5.85. The third-order valence-electron chi connectivity index (χ3n) is 5.25. The Bertz CT molecular complexity index is 798. The number of methoxy groups -OCH3 is 2. The number of hydrogen-bond acceptors (Lipinski definition) is 5. The van der Waals surface area contributed by atoms with E-state index in [1.165, 1.54) is 0 Å². The molecule has 1 aliphatic rings. The number of amides is 1. The van der Waals surface area contributed by atoms with Crippen molar-refractivity contribution < 1.29 is 14.3 Å². The number of aryl methyl sites for hydroxylation is 1. The van der Waals surface area contributed by atoms with Gasteiger partial charge in [-0.15, -0.1) is 24.8 Å². The van der Waals surface area contributed by atoms with E-state index in [0.717, 1.165) is 47.9 Å². The Kier molecular flexibility index (Phi) is 10.6. The van der Waals surface area contributed by atoms with Gasteiger partial charge in [-0.3, -0.25) is 4.79 Å². The number of para-hydroxylation sites is 1. The number of nitrogen functional groups attached to an aromatic ring is 1. The van der Waals surface area contributed by atoms with Gasteiger partial charge in [0.1, 0.15) is 11.5 Å². The molecule has 0 aliphatic carbocycles. The zero-order chi connectivity index (χ0) is 19.9. The number of halogens is 2. The summed E-state index contributed by atoms with van der Waals surface area (Å²) in [5.74, 6) is 2.07. The van der Waals surface area contributed by atoms with Gasteiger partial charge in [-0.05, 0) is 30.4 Å². The van der Waals surface area contributed by atoms with Crippen molar-refractivity contribution in [2.24, 2.45) is 5.92 Å². The van der Waals surface area contributed by atoms with E-state index in [9.17, 15) is 4.79 Å². The van der Waals surface area contributed by atoms with E-state index in [1.807, 2.05) is 42.5 Å². The fourth-order valence-corrected chi connectivity index (χ4v) is 3.57. The molecule has 1 saturated heterocycles. The number of nitrogens with zero attached hydrogens (tertiary/aromatic N) is 1. The summed E-state index contributed by atoms with van der Waals surface area (Å²) >= 11 is 0. The fourth-order valence-electron chi connectivity index (χ4n) is 3.57. The van der Waals surface area contributed by atoms with Crippen LogP contribution in [0, 0.1) is 5.92 Å². The maximum atomic E-state index is 12.2. The lowest BCUT2D eigenvalue weighted by Crippen LogP contribution is -2.31. The van der Waals surface area contributed by atoms with Crippen LogP contribution in [0.1, 0.15) is 18.4 Å². The number of nitrogens with two attached hydrogens (primary N) is 1. The highest BCUT2D eigenvalue weighted by atomic mass is 35.5. The Labute approximate surface area is 190 Å². The number of benzene rings is 2. The quantitative estimate of drug-likeness (QED) is 0.593. The zero-order valence-electron chi connectivity index (χ0n) is 17.4. The van der Waals surface area contributed by atoms with E-state index in [1.54, 1.807) is 14.2 Å². The van der Waals surface area contributed by atoms with Crippen molar-refractivity contribution in [3.05, 3.63) is 48.0 Å². The van der Waals surface area contributed by atoms with Gasteiger partial charge in [0.2, 0.25) is 5.91 Å². The van der Waals surface area contributed by atoms with Crippen LogP contribution in [0.5, 0.6) is 11.5 Å². The Hall–Kier alpha value is -2.31. The molecule has 2 aromatic rings. The minimum atomic E-state index is 0. The highest BCUT2D eigenvalue weighted by Crippen LogP contribution is 2.31. The molecule has 2 aromatic carbocycles. The normalized spacial score (nSPS) is 15.0. The van der Waals surface area contributed by atoms with Crippen molar-refractivity contribution in [2.75, 3.05) is 44.5 Å². The summed E-state index contributed by atoms with van der Waals surface area (Å²) < 4.78 is 10.7. The molecule has 1 unspecified atom stereocenters. The summed E-state index contributed by atoms with van der Waals surface area (Å²) in [5, 5.41) is 3.08. The van der Waals surface area contributed by atoms with Gasteiger partial charge in [-0.1, -0.05) is 18.2 Å². The molecular formula is C22H31Cl2N3O3. The van der Waals surface area contributed by atoms with E-state index in [2.05, 4.69) is 10.2 Å². The summed E-state index contributed by atoms with van der Waals surface area (Å²) in [6.45, 7) is 2.56. The van der Waals surface area contributed by atoms with E-state index < -0.39 is 0 Å². The number of anilines is 2. The summed E-state index contributed by atoms with van der Waals surface area (Å²) in [5.41, 5.74) is 8.80. The second-order valence-electron chi connectivity index (χ2n) is 7.17. The van der Waals surface area contributed by atoms with E-state index in [-0.39, 0.29) is 30.7 Å². The van der Waals surface area contributed by atoms with Crippen molar-refractivity contribution in [1.82, 2.24) is 5.32 Å². The Morgan fingerprint density at radius 2 is 1.80 bits per heavy atom. The van der Waals surface area contributed by atoms with Crippen LogP contribution >= 0.6 is 24.8 Å². The van der Waals surface area contributed by atoms with E-state index in [0.29, 0.717) is 25.3 Å². The van der Waals surface area contributed by atoms with Gasteiger partial charge in [0, 0.05) is 55.6 Å². The first-order valence-electron chi connectivity index (χ1n) is 9.67. The van der Waals surface area contributed by atoms with E-state index in [4.69, 9.17) is 15.2 Å². The molecule has 0 radical (unpaired) electrons. The molecule has 1 heterocycles. The molecular weight excluding hydrogens is 425 g/mol. The van der Waals surface area contributed by atoms with Crippen LogP contribution in [0.15, 0.2) is 42.5 Å². The third kappa shape index (κ3) is 6.89. The van der Waals surface area contributed by atoms with Crippen LogP contribution in [0.25, 0.3) is 0 Å². The third-order valence-corrected chi connectivity index (χ3v) is 5.25. The number of hydrogen-bond donors (Lipinski definition) is 2. The summed E-state index contributed by atoms with van der Waals surface area (Å²) in [4.78, 5) is 14.5. The van der Waals surface area contributed by atoms with Gasteiger partial charge in [0.15, 0.2) is 0 Å². The molecule has 1 atom stereocenters. The van der Waals surface area contributed by atoms with Gasteiger partial charge in [-0.2, -0.15) is 0 Å². The van der Waals surface area contributed by atoms with Crippen molar-refractivity contribution in [1.29, 1.82) is 0 Å². The van der Waals surface area contributed by atoms with Crippen LogP contribution in [0.3, 0.4) is 0 Å². The summed E-state index contributed by atoms with van der Waals surface area (Å²) in [6.07, 6.45) is 2.17. The first-order chi connectivity index (χ1) is 13.6. The molecule has 1 aliphatic heterocycles. The second-order valence-corrected chi connectivity index (χ2v) is 7.17. The number of carbonyl (C=O) groups is 1. The number of nitrogens with one attached hydrogen (secondary N) is 1. The number of ether oxygens (including phenoxy) is 2. The molecule has 6 nitrogen and oxygen atoms in total. The monoisotopic (exact) mass is 455 g/mol. The Balaban J connectivity index is 0.00000225. The van der Waals surface area contributed by atoms with Gasteiger partial charge in [0.25, 0.3) is 0 Å². The molecule has 8 heteroatoms. The summed E-state index contributed by atoms with van der Waals surface area (Å²) in [6, 6.07) is 13.6. The zero-order valence-corrected chi connectivity index (χ0v) is 19.1. The molecule has 1 fully saturated rings. The van der Waals surface area contributed by atoms with Gasteiger partial charge >= 0.3 is 0 Å². The molecule has 3 N–H and O–H groups in total. The molecule has 0 saturated carbocycles. The smallest absolute Gasteiger partial charge is 0.220 e. The molecule has 166 valence electrons. The van der Waals surface area contributed by atoms with Crippen LogP contribution in [-0.2, 0) is 11.2 Å². The lowest BCUT2D eigenvalue weighted by molar-refractivity contribution is -0.121. The molecule has 0 spiro atoms. The Morgan fingerprint density at radius 3 is 2.43 bits per heavy atom. The predicted molar refractivity (Wildman–Crippen MR) is 127 cm³/mol. The largest absolute Gasteiger partial charge is 0.497 e. The molecule has 30 heavy (non-hydrogen) atoms. The topological polar surface area (TPSA) is 76.8 Å². The predicted octanol–water partition coefficient (Wildman–Crippen LogP) is 3.70. The minimum absolute atomic E-state index is 0. The highest BCUT2D eigenvalue weighted by Gasteiger charge is 2.24.